The number of aliphatic hydroxyl groups is 1. The number of carbonyl (C=O) groups is 1. The van der Waals surface area contributed by atoms with Crippen LogP contribution in [0.3, 0.4) is 0 Å². The van der Waals surface area contributed by atoms with Crippen molar-refractivity contribution >= 4 is 5.91 Å². The van der Waals surface area contributed by atoms with Crippen molar-refractivity contribution in [1.29, 1.82) is 0 Å². The molecule has 0 fully saturated rings. The molecule has 2 aromatic carbocycles. The van der Waals surface area contributed by atoms with Gasteiger partial charge in [-0.2, -0.15) is 0 Å². The standard InChI is InChI=1S/C19H21NO2/c21-18(15-5-2-1-3-6-15)11-12-20-19(22)17-10-9-14-7-4-8-16(14)13-17/h1-3,5-6,9-10,13,18,21H,4,7-8,11-12H2,(H,20,22). The van der Waals surface area contributed by atoms with Gasteiger partial charge >= 0.3 is 0 Å². The van der Waals surface area contributed by atoms with Crippen LogP contribution in [0.1, 0.15) is 46.0 Å². The van der Waals surface area contributed by atoms with Crippen molar-refractivity contribution in [2.24, 2.45) is 0 Å². The van der Waals surface area contributed by atoms with Gasteiger partial charge in [0.25, 0.3) is 5.91 Å². The van der Waals surface area contributed by atoms with Crippen LogP contribution in [0.2, 0.25) is 0 Å². The van der Waals surface area contributed by atoms with Crippen molar-refractivity contribution in [2.75, 3.05) is 6.54 Å². The minimum Gasteiger partial charge on any atom is -0.388 e. The lowest BCUT2D eigenvalue weighted by Gasteiger charge is -2.12. The van der Waals surface area contributed by atoms with Crippen molar-refractivity contribution < 1.29 is 9.90 Å². The Hall–Kier alpha value is -2.13. The van der Waals surface area contributed by atoms with Gasteiger partial charge in [0.2, 0.25) is 0 Å². The molecule has 1 unspecified atom stereocenters. The molecule has 1 aliphatic rings. The maximum Gasteiger partial charge on any atom is 0.251 e. The molecular weight excluding hydrogens is 274 g/mol. The lowest BCUT2D eigenvalue weighted by Crippen LogP contribution is -2.25. The van der Waals surface area contributed by atoms with E-state index in [0.29, 0.717) is 13.0 Å². The summed E-state index contributed by atoms with van der Waals surface area (Å²) in [5.74, 6) is -0.0602. The minimum absolute atomic E-state index is 0.0602. The van der Waals surface area contributed by atoms with Gasteiger partial charge in [0.05, 0.1) is 6.10 Å². The van der Waals surface area contributed by atoms with E-state index in [1.807, 2.05) is 42.5 Å². The number of hydrogen-bond acceptors (Lipinski definition) is 2. The molecule has 0 spiro atoms. The van der Waals surface area contributed by atoms with Crippen LogP contribution in [0.25, 0.3) is 0 Å². The largest absolute Gasteiger partial charge is 0.388 e. The first-order valence-electron chi connectivity index (χ1n) is 7.87. The average molecular weight is 295 g/mol. The normalized spacial score (nSPS) is 14.4. The number of nitrogens with one attached hydrogen (secondary N) is 1. The molecule has 0 saturated carbocycles. The van der Waals surface area contributed by atoms with Gasteiger partial charge in [-0.1, -0.05) is 36.4 Å². The van der Waals surface area contributed by atoms with Crippen LogP contribution in [0, 0.1) is 0 Å². The average Bonchev–Trinajstić information content (AvgIpc) is 3.03. The van der Waals surface area contributed by atoms with Crippen LogP contribution < -0.4 is 5.32 Å². The quantitative estimate of drug-likeness (QED) is 0.891. The van der Waals surface area contributed by atoms with Gasteiger partial charge in [0.1, 0.15) is 0 Å². The van der Waals surface area contributed by atoms with Crippen LogP contribution in [0.5, 0.6) is 0 Å². The molecule has 0 radical (unpaired) electrons. The molecule has 2 aromatic rings. The molecule has 0 saturated heterocycles. The lowest BCUT2D eigenvalue weighted by atomic mass is 10.1. The highest BCUT2D eigenvalue weighted by molar-refractivity contribution is 5.94. The molecule has 1 atom stereocenters. The van der Waals surface area contributed by atoms with Gasteiger partial charge in [0, 0.05) is 12.1 Å². The number of carbonyl (C=O) groups excluding carboxylic acids is 1. The fourth-order valence-electron chi connectivity index (χ4n) is 2.98. The number of aryl methyl sites for hydroxylation is 2. The first-order valence-corrected chi connectivity index (χ1v) is 7.87. The van der Waals surface area contributed by atoms with Gasteiger partial charge in [-0.15, -0.1) is 0 Å². The molecule has 1 amide bonds. The number of benzene rings is 2. The minimum atomic E-state index is -0.540. The van der Waals surface area contributed by atoms with Gasteiger partial charge in [-0.25, -0.2) is 0 Å². The third-order valence-corrected chi connectivity index (χ3v) is 4.25. The maximum absolute atomic E-state index is 12.2. The Bertz CT molecular complexity index is 652. The van der Waals surface area contributed by atoms with Crippen LogP contribution in [-0.2, 0) is 12.8 Å². The van der Waals surface area contributed by atoms with Crippen molar-refractivity contribution in [2.45, 2.75) is 31.8 Å². The van der Waals surface area contributed by atoms with Crippen LogP contribution in [0.15, 0.2) is 48.5 Å². The molecule has 0 bridgehead atoms. The van der Waals surface area contributed by atoms with E-state index in [2.05, 4.69) is 11.4 Å². The first-order chi connectivity index (χ1) is 10.7. The zero-order valence-corrected chi connectivity index (χ0v) is 12.6. The van der Waals surface area contributed by atoms with E-state index in [1.54, 1.807) is 0 Å². The Balaban J connectivity index is 1.52. The summed E-state index contributed by atoms with van der Waals surface area (Å²) in [4.78, 5) is 12.2. The molecule has 2 N–H and O–H groups in total. The smallest absolute Gasteiger partial charge is 0.251 e. The van der Waals surface area contributed by atoms with Gasteiger partial charge < -0.3 is 10.4 Å². The Morgan fingerprint density at radius 2 is 1.86 bits per heavy atom. The molecule has 1 aliphatic carbocycles. The van der Waals surface area contributed by atoms with Crippen LogP contribution >= 0.6 is 0 Å². The molecule has 22 heavy (non-hydrogen) atoms. The Labute approximate surface area is 131 Å². The molecule has 0 aromatic heterocycles. The second-order valence-corrected chi connectivity index (χ2v) is 5.81. The Morgan fingerprint density at radius 3 is 2.68 bits per heavy atom. The number of rotatable bonds is 5. The fourth-order valence-corrected chi connectivity index (χ4v) is 2.98. The topological polar surface area (TPSA) is 49.3 Å². The summed E-state index contributed by atoms with van der Waals surface area (Å²) >= 11 is 0. The summed E-state index contributed by atoms with van der Waals surface area (Å²) < 4.78 is 0. The summed E-state index contributed by atoms with van der Waals surface area (Å²) in [6, 6.07) is 15.5. The summed E-state index contributed by atoms with van der Waals surface area (Å²) in [6.45, 7) is 0.464. The van der Waals surface area contributed by atoms with Crippen LogP contribution in [0.4, 0.5) is 0 Å². The van der Waals surface area contributed by atoms with E-state index in [1.165, 1.54) is 17.5 Å². The van der Waals surface area contributed by atoms with Crippen molar-refractivity contribution in [1.82, 2.24) is 5.32 Å². The third-order valence-electron chi connectivity index (χ3n) is 4.25. The maximum atomic E-state index is 12.2. The molecule has 0 heterocycles. The second kappa shape index (κ2) is 6.75. The molecular formula is C19H21NO2. The molecule has 3 nitrogen and oxygen atoms in total. The first kappa shape index (κ1) is 14.8. The van der Waals surface area contributed by atoms with Gasteiger partial charge in [0.15, 0.2) is 0 Å². The SMILES string of the molecule is O=C(NCCC(O)c1ccccc1)c1ccc2c(c1)CCC2. The van der Waals surface area contributed by atoms with Crippen molar-refractivity contribution in [3.05, 3.63) is 70.8 Å². The predicted octanol–water partition coefficient (Wildman–Crippen LogP) is 3.03. The fraction of sp³-hybridized carbons (Fsp3) is 0.316. The Morgan fingerprint density at radius 1 is 1.09 bits per heavy atom. The van der Waals surface area contributed by atoms with E-state index in [-0.39, 0.29) is 5.91 Å². The number of hydrogen-bond donors (Lipinski definition) is 2. The summed E-state index contributed by atoms with van der Waals surface area (Å²) in [5, 5.41) is 13.0. The third kappa shape index (κ3) is 3.37. The summed E-state index contributed by atoms with van der Waals surface area (Å²) in [6.07, 6.45) is 3.36. The highest BCUT2D eigenvalue weighted by atomic mass is 16.3. The van der Waals surface area contributed by atoms with E-state index in [0.717, 1.165) is 24.0 Å². The lowest BCUT2D eigenvalue weighted by molar-refractivity contribution is 0.0942. The molecule has 0 aliphatic heterocycles. The molecule has 3 heteroatoms. The highest BCUT2D eigenvalue weighted by Gasteiger charge is 2.14. The highest BCUT2D eigenvalue weighted by Crippen LogP contribution is 2.22. The number of aliphatic hydroxyl groups excluding tert-OH is 1. The van der Waals surface area contributed by atoms with Crippen LogP contribution in [-0.4, -0.2) is 17.6 Å². The van der Waals surface area contributed by atoms with E-state index in [4.69, 9.17) is 0 Å². The van der Waals surface area contributed by atoms with E-state index < -0.39 is 6.10 Å². The second-order valence-electron chi connectivity index (χ2n) is 5.81. The van der Waals surface area contributed by atoms with Crippen molar-refractivity contribution in [3.8, 4) is 0 Å². The Kier molecular flexibility index (Phi) is 4.54. The number of amides is 1. The van der Waals surface area contributed by atoms with Gasteiger partial charge in [-0.05, 0) is 54.5 Å². The predicted molar refractivity (Wildman–Crippen MR) is 86.8 cm³/mol. The van der Waals surface area contributed by atoms with Gasteiger partial charge in [-0.3, -0.25) is 4.79 Å². The molecule has 3 rings (SSSR count). The monoisotopic (exact) mass is 295 g/mol. The van der Waals surface area contributed by atoms with E-state index in [9.17, 15) is 9.90 Å². The zero-order chi connectivity index (χ0) is 15.4. The van der Waals surface area contributed by atoms with E-state index >= 15 is 0 Å². The summed E-state index contributed by atoms with van der Waals surface area (Å²) in [5.41, 5.74) is 4.28. The molecule has 114 valence electrons. The number of fused-ring (bicyclic) bond motifs is 1. The summed E-state index contributed by atoms with van der Waals surface area (Å²) in [7, 11) is 0. The van der Waals surface area contributed by atoms with Crippen molar-refractivity contribution in [3.63, 3.8) is 0 Å². The zero-order valence-electron chi connectivity index (χ0n) is 12.6.